The van der Waals surface area contributed by atoms with Gasteiger partial charge in [0, 0.05) is 5.56 Å². The molecule has 2 aromatic rings. The van der Waals surface area contributed by atoms with E-state index in [1.807, 2.05) is 26.8 Å². The topological polar surface area (TPSA) is 86.2 Å². The van der Waals surface area contributed by atoms with Gasteiger partial charge in [0.2, 0.25) is 0 Å². The molecule has 1 aromatic heterocycles. The Morgan fingerprint density at radius 3 is 2.44 bits per heavy atom. The standard InChI is InChI=1S/C13H14N2O3/c1-6-4-7(2)11(12(16)8(6)3)9-5-10(13(17)18)15-14-9/h4-5,16H,1-3H3,(H,14,15)(H,17,18). The predicted octanol–water partition coefficient (Wildman–Crippen LogP) is 2.41. The van der Waals surface area contributed by atoms with Crippen molar-refractivity contribution in [2.24, 2.45) is 0 Å². The number of nitrogens with zero attached hydrogens (tertiary/aromatic N) is 1. The van der Waals surface area contributed by atoms with Crippen LogP contribution in [0.4, 0.5) is 0 Å². The van der Waals surface area contributed by atoms with Gasteiger partial charge in [-0.05, 0) is 43.5 Å². The molecule has 0 saturated heterocycles. The van der Waals surface area contributed by atoms with Gasteiger partial charge >= 0.3 is 5.97 Å². The van der Waals surface area contributed by atoms with Crippen LogP contribution in [0.1, 0.15) is 27.2 Å². The van der Waals surface area contributed by atoms with Gasteiger partial charge in [-0.3, -0.25) is 5.10 Å². The van der Waals surface area contributed by atoms with Crippen LogP contribution in [0.3, 0.4) is 0 Å². The van der Waals surface area contributed by atoms with E-state index in [-0.39, 0.29) is 11.4 Å². The fourth-order valence-corrected chi connectivity index (χ4v) is 1.95. The number of hydrogen-bond acceptors (Lipinski definition) is 3. The van der Waals surface area contributed by atoms with Gasteiger partial charge in [-0.2, -0.15) is 5.10 Å². The fourth-order valence-electron chi connectivity index (χ4n) is 1.95. The Balaban J connectivity index is 2.63. The second-order valence-electron chi connectivity index (χ2n) is 4.33. The normalized spacial score (nSPS) is 10.6. The number of phenols is 1. The van der Waals surface area contributed by atoms with Crippen molar-refractivity contribution in [1.29, 1.82) is 0 Å². The van der Waals surface area contributed by atoms with Crippen LogP contribution in [0.15, 0.2) is 12.1 Å². The number of aromatic hydroxyl groups is 1. The van der Waals surface area contributed by atoms with Crippen LogP contribution in [0, 0.1) is 20.8 Å². The maximum absolute atomic E-state index is 10.8. The van der Waals surface area contributed by atoms with Crippen molar-refractivity contribution in [2.45, 2.75) is 20.8 Å². The summed E-state index contributed by atoms with van der Waals surface area (Å²) in [6.07, 6.45) is 0. The summed E-state index contributed by atoms with van der Waals surface area (Å²) in [4.78, 5) is 10.8. The number of aromatic nitrogens is 2. The monoisotopic (exact) mass is 246 g/mol. The molecule has 0 bridgehead atoms. The first-order valence-electron chi connectivity index (χ1n) is 5.50. The molecule has 0 unspecified atom stereocenters. The average Bonchev–Trinajstić information content (AvgIpc) is 2.75. The van der Waals surface area contributed by atoms with Gasteiger partial charge < -0.3 is 10.2 Å². The van der Waals surface area contributed by atoms with E-state index in [1.165, 1.54) is 6.07 Å². The number of H-pyrrole nitrogens is 1. The third-order valence-electron chi connectivity index (χ3n) is 3.08. The Morgan fingerprint density at radius 1 is 1.22 bits per heavy atom. The predicted molar refractivity (Wildman–Crippen MR) is 66.9 cm³/mol. The Kier molecular flexibility index (Phi) is 2.82. The zero-order valence-electron chi connectivity index (χ0n) is 10.4. The highest BCUT2D eigenvalue weighted by Gasteiger charge is 2.16. The first kappa shape index (κ1) is 12.2. The molecular weight excluding hydrogens is 232 g/mol. The molecule has 0 radical (unpaired) electrons. The second kappa shape index (κ2) is 4.18. The maximum atomic E-state index is 10.8. The maximum Gasteiger partial charge on any atom is 0.353 e. The van der Waals surface area contributed by atoms with Crippen molar-refractivity contribution in [3.05, 3.63) is 34.5 Å². The summed E-state index contributed by atoms with van der Waals surface area (Å²) in [5, 5.41) is 25.4. The largest absolute Gasteiger partial charge is 0.507 e. The number of benzene rings is 1. The second-order valence-corrected chi connectivity index (χ2v) is 4.33. The fraction of sp³-hybridized carbons (Fsp3) is 0.231. The van der Waals surface area contributed by atoms with Gasteiger partial charge in [0.1, 0.15) is 11.4 Å². The lowest BCUT2D eigenvalue weighted by Crippen LogP contribution is -1.95. The Labute approximate surface area is 104 Å². The molecule has 0 spiro atoms. The molecule has 3 N–H and O–H groups in total. The van der Waals surface area contributed by atoms with Crippen LogP contribution >= 0.6 is 0 Å². The van der Waals surface area contributed by atoms with Crippen LogP contribution in [0.25, 0.3) is 11.3 Å². The highest BCUT2D eigenvalue weighted by atomic mass is 16.4. The lowest BCUT2D eigenvalue weighted by molar-refractivity contribution is 0.0690. The Morgan fingerprint density at radius 2 is 1.89 bits per heavy atom. The summed E-state index contributed by atoms with van der Waals surface area (Å²) in [7, 11) is 0. The minimum atomic E-state index is -1.07. The van der Waals surface area contributed by atoms with E-state index in [0.717, 1.165) is 16.7 Å². The number of aryl methyl sites for hydroxylation is 2. The first-order valence-corrected chi connectivity index (χ1v) is 5.50. The third-order valence-corrected chi connectivity index (χ3v) is 3.08. The molecule has 5 heteroatoms. The van der Waals surface area contributed by atoms with E-state index in [0.29, 0.717) is 11.3 Å². The molecule has 5 nitrogen and oxygen atoms in total. The zero-order valence-corrected chi connectivity index (χ0v) is 10.4. The minimum Gasteiger partial charge on any atom is -0.507 e. The number of carboxylic acids is 1. The minimum absolute atomic E-state index is 0.00188. The van der Waals surface area contributed by atoms with Crippen molar-refractivity contribution in [3.8, 4) is 17.0 Å². The number of hydrogen-bond donors (Lipinski definition) is 3. The van der Waals surface area contributed by atoms with Gasteiger partial charge in [0.25, 0.3) is 0 Å². The summed E-state index contributed by atoms with van der Waals surface area (Å²) in [6, 6.07) is 3.36. The molecule has 0 aliphatic heterocycles. The average molecular weight is 246 g/mol. The number of aromatic amines is 1. The van der Waals surface area contributed by atoms with Crippen LogP contribution in [0.2, 0.25) is 0 Å². The van der Waals surface area contributed by atoms with Crippen molar-refractivity contribution in [2.75, 3.05) is 0 Å². The summed E-state index contributed by atoms with van der Waals surface area (Å²) in [5.41, 5.74) is 3.63. The van der Waals surface area contributed by atoms with Crippen LogP contribution in [-0.2, 0) is 0 Å². The van der Waals surface area contributed by atoms with E-state index in [4.69, 9.17) is 5.11 Å². The van der Waals surface area contributed by atoms with E-state index in [2.05, 4.69) is 10.2 Å². The van der Waals surface area contributed by atoms with Crippen LogP contribution in [0.5, 0.6) is 5.75 Å². The molecule has 0 atom stereocenters. The molecule has 0 aliphatic carbocycles. The number of rotatable bonds is 2. The zero-order chi connectivity index (χ0) is 13.4. The smallest absolute Gasteiger partial charge is 0.353 e. The molecule has 1 heterocycles. The highest BCUT2D eigenvalue weighted by molar-refractivity contribution is 5.87. The van der Waals surface area contributed by atoms with Gasteiger partial charge in [0.15, 0.2) is 0 Å². The van der Waals surface area contributed by atoms with Gasteiger partial charge in [0.05, 0.1) is 5.69 Å². The van der Waals surface area contributed by atoms with Crippen molar-refractivity contribution in [3.63, 3.8) is 0 Å². The molecule has 2 rings (SSSR count). The molecule has 0 aliphatic rings. The van der Waals surface area contributed by atoms with Crippen molar-refractivity contribution >= 4 is 5.97 Å². The van der Waals surface area contributed by atoms with Gasteiger partial charge in [-0.15, -0.1) is 0 Å². The Bertz CT molecular complexity index is 629. The lowest BCUT2D eigenvalue weighted by atomic mass is 9.97. The van der Waals surface area contributed by atoms with E-state index in [9.17, 15) is 9.90 Å². The quantitative estimate of drug-likeness (QED) is 0.759. The number of carbonyl (C=O) groups is 1. The summed E-state index contributed by atoms with van der Waals surface area (Å²) in [6.45, 7) is 5.59. The summed E-state index contributed by atoms with van der Waals surface area (Å²) >= 11 is 0. The first-order chi connectivity index (χ1) is 8.41. The van der Waals surface area contributed by atoms with E-state index >= 15 is 0 Å². The van der Waals surface area contributed by atoms with Gasteiger partial charge in [-0.1, -0.05) is 6.07 Å². The van der Waals surface area contributed by atoms with Gasteiger partial charge in [-0.25, -0.2) is 4.79 Å². The molecule has 0 fully saturated rings. The Hall–Kier alpha value is -2.30. The highest BCUT2D eigenvalue weighted by Crippen LogP contribution is 2.35. The number of aromatic carboxylic acids is 1. The summed E-state index contributed by atoms with van der Waals surface area (Å²) < 4.78 is 0. The van der Waals surface area contributed by atoms with Crippen LogP contribution in [-0.4, -0.2) is 26.4 Å². The molecule has 94 valence electrons. The molecule has 18 heavy (non-hydrogen) atoms. The molecule has 0 saturated carbocycles. The molecule has 1 aromatic carbocycles. The number of carboxylic acid groups (broad SMARTS) is 1. The van der Waals surface area contributed by atoms with Crippen LogP contribution < -0.4 is 0 Å². The molecular formula is C13H14N2O3. The SMILES string of the molecule is Cc1cc(C)c(-c2cc(C(=O)O)[nH]n2)c(O)c1C. The lowest BCUT2D eigenvalue weighted by Gasteiger charge is -2.11. The number of phenolic OH excluding ortho intramolecular Hbond substituents is 1. The summed E-state index contributed by atoms with van der Waals surface area (Å²) in [5.74, 6) is -0.925. The van der Waals surface area contributed by atoms with E-state index < -0.39 is 5.97 Å². The molecule has 0 amide bonds. The van der Waals surface area contributed by atoms with Crippen molar-refractivity contribution < 1.29 is 15.0 Å². The number of nitrogens with one attached hydrogen (secondary N) is 1. The third kappa shape index (κ3) is 1.84. The van der Waals surface area contributed by atoms with Crippen molar-refractivity contribution in [1.82, 2.24) is 10.2 Å². The van der Waals surface area contributed by atoms with E-state index in [1.54, 1.807) is 0 Å².